The maximum absolute atomic E-state index is 12.9. The number of para-hydroxylation sites is 1. The fourth-order valence-corrected chi connectivity index (χ4v) is 5.30. The van der Waals surface area contributed by atoms with Gasteiger partial charge in [-0.05, 0) is 56.3 Å². The minimum atomic E-state index is -3.84. The van der Waals surface area contributed by atoms with Crippen LogP contribution in [0.5, 0.6) is 5.75 Å². The summed E-state index contributed by atoms with van der Waals surface area (Å²) in [6.07, 6.45) is 0.444. The van der Waals surface area contributed by atoms with Gasteiger partial charge >= 0.3 is 5.97 Å². The predicted octanol–water partition coefficient (Wildman–Crippen LogP) is 1.80. The number of nitrogens with two attached hydrogens (primary N) is 1. The van der Waals surface area contributed by atoms with Crippen molar-refractivity contribution >= 4 is 26.9 Å². The lowest BCUT2D eigenvalue weighted by atomic mass is 9.94. The number of nitrogens with one attached hydrogen (secondary N) is 2. The number of ether oxygens (including phenoxy) is 1. The Hall–Kier alpha value is -3.05. The van der Waals surface area contributed by atoms with Gasteiger partial charge in [0, 0.05) is 29.2 Å². The number of nitrogens with zero attached hydrogens (tertiary/aromatic N) is 1. The summed E-state index contributed by atoms with van der Waals surface area (Å²) >= 11 is 0. The van der Waals surface area contributed by atoms with Crippen molar-refractivity contribution in [1.29, 1.82) is 0 Å². The molecule has 0 bridgehead atoms. The molecule has 4 N–H and O–H groups in total. The van der Waals surface area contributed by atoms with Gasteiger partial charge < -0.3 is 14.9 Å². The fraction of sp³-hybridized carbons (Fsp3) is 0.304. The van der Waals surface area contributed by atoms with Crippen LogP contribution in [0.2, 0.25) is 0 Å². The maximum Gasteiger partial charge on any atom is 0.330 e. The summed E-state index contributed by atoms with van der Waals surface area (Å²) in [4.78, 5) is 20.8. The smallest absolute Gasteiger partial charge is 0.330 e. The zero-order valence-corrected chi connectivity index (χ0v) is 19.0. The molecular weight excluding hydrogens is 444 g/mol. The predicted molar refractivity (Wildman–Crippen MR) is 123 cm³/mol. The number of hydrogen-bond donors (Lipinski definition) is 3. The van der Waals surface area contributed by atoms with Gasteiger partial charge in [-0.25, -0.2) is 17.9 Å². The average molecular weight is 471 g/mol. The summed E-state index contributed by atoms with van der Waals surface area (Å²) in [6.45, 7) is 3.13. The van der Waals surface area contributed by atoms with Crippen LogP contribution in [0, 0.1) is 12.8 Å². The van der Waals surface area contributed by atoms with Gasteiger partial charge in [0.25, 0.3) is 0 Å². The fourth-order valence-electron chi connectivity index (χ4n) is 3.99. The van der Waals surface area contributed by atoms with Crippen molar-refractivity contribution in [3.63, 3.8) is 0 Å². The number of pyridine rings is 1. The van der Waals surface area contributed by atoms with E-state index in [1.807, 2.05) is 37.3 Å². The zero-order valence-electron chi connectivity index (χ0n) is 18.2. The van der Waals surface area contributed by atoms with Crippen molar-refractivity contribution in [3.05, 3.63) is 65.9 Å². The average Bonchev–Trinajstić information content (AvgIpc) is 2.82. The molecule has 1 saturated heterocycles. The van der Waals surface area contributed by atoms with Gasteiger partial charge in [0.2, 0.25) is 10.0 Å². The number of carbonyl (C=O) groups excluding carboxylic acids is 1. The highest BCUT2D eigenvalue weighted by Gasteiger charge is 2.35. The van der Waals surface area contributed by atoms with Gasteiger partial charge in [-0.2, -0.15) is 5.90 Å². The normalized spacial score (nSPS) is 18.7. The van der Waals surface area contributed by atoms with E-state index >= 15 is 0 Å². The lowest BCUT2D eigenvalue weighted by Gasteiger charge is -2.30. The van der Waals surface area contributed by atoms with Crippen LogP contribution in [0.1, 0.15) is 17.7 Å². The van der Waals surface area contributed by atoms with Gasteiger partial charge in [-0.1, -0.05) is 18.2 Å². The topological polar surface area (TPSA) is 133 Å². The summed E-state index contributed by atoms with van der Waals surface area (Å²) in [5.74, 6) is 4.19. The van der Waals surface area contributed by atoms with Gasteiger partial charge in [-0.3, -0.25) is 4.98 Å². The van der Waals surface area contributed by atoms with Crippen LogP contribution in [0.25, 0.3) is 10.9 Å². The molecule has 0 spiro atoms. The molecule has 2 aromatic carbocycles. The molecule has 1 fully saturated rings. The lowest BCUT2D eigenvalue weighted by molar-refractivity contribution is -0.150. The second kappa shape index (κ2) is 9.84. The minimum Gasteiger partial charge on any atom is -0.489 e. The van der Waals surface area contributed by atoms with E-state index in [0.717, 1.165) is 22.2 Å². The monoisotopic (exact) mass is 470 g/mol. The van der Waals surface area contributed by atoms with Crippen LogP contribution in [-0.2, 0) is 26.3 Å². The third-order valence-electron chi connectivity index (χ3n) is 5.67. The lowest BCUT2D eigenvalue weighted by Crippen LogP contribution is -2.52. The van der Waals surface area contributed by atoms with Gasteiger partial charge in [-0.15, -0.1) is 0 Å². The Morgan fingerprint density at radius 1 is 1.21 bits per heavy atom. The Kier molecular flexibility index (Phi) is 6.89. The second-order valence-electron chi connectivity index (χ2n) is 7.96. The molecule has 10 heteroatoms. The molecule has 174 valence electrons. The number of piperidine rings is 1. The Morgan fingerprint density at radius 2 is 1.97 bits per heavy atom. The third-order valence-corrected chi connectivity index (χ3v) is 7.17. The van der Waals surface area contributed by atoms with Gasteiger partial charge in [0.1, 0.15) is 12.4 Å². The summed E-state index contributed by atoms with van der Waals surface area (Å²) in [5, 5.41) is 4.06. The summed E-state index contributed by atoms with van der Waals surface area (Å²) in [5.41, 5.74) is 2.80. The Labute approximate surface area is 192 Å². The molecule has 0 amide bonds. The number of sulfonamides is 1. The van der Waals surface area contributed by atoms with E-state index in [-0.39, 0.29) is 4.90 Å². The Morgan fingerprint density at radius 3 is 2.73 bits per heavy atom. The Balaban J connectivity index is 1.45. The van der Waals surface area contributed by atoms with Crippen LogP contribution < -0.4 is 20.7 Å². The number of aromatic nitrogens is 1. The van der Waals surface area contributed by atoms with Crippen LogP contribution in [0.3, 0.4) is 0 Å². The molecule has 2 unspecified atom stereocenters. The first-order chi connectivity index (χ1) is 15.9. The number of carbonyl (C=O) groups is 1. The molecule has 9 nitrogen and oxygen atoms in total. The first-order valence-corrected chi connectivity index (χ1v) is 12.1. The third kappa shape index (κ3) is 5.31. The Bertz CT molecular complexity index is 1250. The van der Waals surface area contributed by atoms with E-state index < -0.39 is 28.0 Å². The molecule has 0 saturated carbocycles. The van der Waals surface area contributed by atoms with Gasteiger partial charge in [0.05, 0.1) is 16.3 Å². The molecule has 33 heavy (non-hydrogen) atoms. The van der Waals surface area contributed by atoms with Crippen LogP contribution in [0.15, 0.2) is 59.5 Å². The summed E-state index contributed by atoms with van der Waals surface area (Å²) < 4.78 is 34.3. The van der Waals surface area contributed by atoms with Gasteiger partial charge in [0.15, 0.2) is 0 Å². The van der Waals surface area contributed by atoms with Crippen molar-refractivity contribution in [3.8, 4) is 5.75 Å². The van der Waals surface area contributed by atoms with Crippen molar-refractivity contribution in [1.82, 2.24) is 15.0 Å². The van der Waals surface area contributed by atoms with E-state index in [1.54, 1.807) is 12.1 Å². The standard InChI is InChI=1S/C23H26N4O5S/c1-15-12-16(19-4-2-3-5-21(19)26-15)14-31-17-6-8-18(9-7-17)33(29,30)27-22-10-11-25-13-20(22)23(28)32-24/h2-9,12,20,22,25,27H,10-11,13-14,24H2,1H3. The van der Waals surface area contributed by atoms with Crippen LogP contribution in [0.4, 0.5) is 0 Å². The molecule has 2 heterocycles. The van der Waals surface area contributed by atoms with Crippen molar-refractivity contribution in [2.45, 2.75) is 30.9 Å². The first kappa shape index (κ1) is 23.1. The van der Waals surface area contributed by atoms with Crippen LogP contribution >= 0.6 is 0 Å². The number of hydrogen-bond acceptors (Lipinski definition) is 8. The first-order valence-electron chi connectivity index (χ1n) is 10.6. The molecule has 0 aliphatic carbocycles. The second-order valence-corrected chi connectivity index (χ2v) is 9.68. The number of aryl methyl sites for hydroxylation is 1. The van der Waals surface area contributed by atoms with Crippen molar-refractivity contribution in [2.24, 2.45) is 11.8 Å². The summed E-state index contributed by atoms with van der Waals surface area (Å²) in [7, 11) is -3.84. The molecular formula is C23H26N4O5S. The van der Waals surface area contributed by atoms with E-state index in [9.17, 15) is 13.2 Å². The number of rotatable bonds is 7. The molecule has 4 rings (SSSR count). The largest absolute Gasteiger partial charge is 0.489 e. The van der Waals surface area contributed by atoms with E-state index in [2.05, 4.69) is 19.9 Å². The number of fused-ring (bicyclic) bond motifs is 1. The maximum atomic E-state index is 12.9. The molecule has 3 aromatic rings. The van der Waals surface area contributed by atoms with Crippen LogP contribution in [-0.4, -0.2) is 38.5 Å². The van der Waals surface area contributed by atoms with Crippen molar-refractivity contribution < 1.29 is 22.8 Å². The molecule has 1 aliphatic rings. The minimum absolute atomic E-state index is 0.0819. The highest BCUT2D eigenvalue weighted by molar-refractivity contribution is 7.89. The molecule has 1 aliphatic heterocycles. The van der Waals surface area contributed by atoms with E-state index in [4.69, 9.17) is 10.6 Å². The highest BCUT2D eigenvalue weighted by atomic mass is 32.2. The van der Waals surface area contributed by atoms with E-state index in [1.165, 1.54) is 12.1 Å². The molecule has 0 radical (unpaired) electrons. The quantitative estimate of drug-likeness (QED) is 0.445. The highest BCUT2D eigenvalue weighted by Crippen LogP contribution is 2.23. The SMILES string of the molecule is Cc1cc(COc2ccc(S(=O)(=O)NC3CCNCC3C(=O)ON)cc2)c2ccccc2n1. The number of benzene rings is 2. The molecule has 2 atom stereocenters. The van der Waals surface area contributed by atoms with Crippen molar-refractivity contribution in [2.75, 3.05) is 13.1 Å². The summed E-state index contributed by atoms with van der Waals surface area (Å²) in [6, 6.07) is 15.4. The van der Waals surface area contributed by atoms with E-state index in [0.29, 0.717) is 31.9 Å². The molecule has 1 aromatic heterocycles. The zero-order chi connectivity index (χ0) is 23.4.